The van der Waals surface area contributed by atoms with Crippen molar-refractivity contribution < 1.29 is 13.9 Å². The van der Waals surface area contributed by atoms with Crippen molar-refractivity contribution in [1.29, 1.82) is 0 Å². The molecule has 0 heterocycles. The van der Waals surface area contributed by atoms with Crippen molar-refractivity contribution in [2.24, 2.45) is 0 Å². The molecule has 0 unspecified atom stereocenters. The molecule has 108 valence electrons. The van der Waals surface area contributed by atoms with Crippen molar-refractivity contribution in [2.75, 3.05) is 0 Å². The molecular weight excluding hydrogens is 269 g/mol. The Bertz CT molecular complexity index is 618. The fraction of sp³-hybridized carbons (Fsp3) is 0.118. The Hall–Kier alpha value is -2.62. The first-order valence-electron chi connectivity index (χ1n) is 6.60. The molecule has 0 saturated carbocycles. The second-order valence-electron chi connectivity index (χ2n) is 4.42. The van der Waals surface area contributed by atoms with Crippen LogP contribution >= 0.6 is 0 Å². The van der Waals surface area contributed by atoms with E-state index < -0.39 is 0 Å². The van der Waals surface area contributed by atoms with Gasteiger partial charge in [0.25, 0.3) is 0 Å². The topological polar surface area (TPSA) is 38.3 Å². The van der Waals surface area contributed by atoms with Crippen molar-refractivity contribution >= 4 is 5.91 Å². The van der Waals surface area contributed by atoms with Gasteiger partial charge in [0.05, 0.1) is 0 Å². The smallest absolute Gasteiger partial charge is 0.243 e. The number of hydrogen-bond acceptors (Lipinski definition) is 2. The summed E-state index contributed by atoms with van der Waals surface area (Å²) in [7, 11) is 0. The number of rotatable bonds is 5. The van der Waals surface area contributed by atoms with Gasteiger partial charge in [-0.1, -0.05) is 18.2 Å². The normalized spacial score (nSPS) is 10.6. The van der Waals surface area contributed by atoms with Gasteiger partial charge in [-0.15, -0.1) is 0 Å². The Morgan fingerprint density at radius 2 is 1.67 bits per heavy atom. The van der Waals surface area contributed by atoms with E-state index in [0.29, 0.717) is 18.0 Å². The van der Waals surface area contributed by atoms with Gasteiger partial charge in [0.1, 0.15) is 17.3 Å². The first-order chi connectivity index (χ1) is 10.2. The first-order valence-corrected chi connectivity index (χ1v) is 6.60. The summed E-state index contributed by atoms with van der Waals surface area (Å²) in [6.45, 7) is 2.25. The first kappa shape index (κ1) is 14.8. The van der Waals surface area contributed by atoms with Crippen LogP contribution in [0.4, 0.5) is 4.39 Å². The lowest BCUT2D eigenvalue weighted by Gasteiger charge is -2.07. The molecule has 0 aliphatic heterocycles. The minimum Gasteiger partial charge on any atom is -0.457 e. The molecule has 0 aliphatic rings. The number of halogens is 1. The maximum absolute atomic E-state index is 12.8. The third-order valence-corrected chi connectivity index (χ3v) is 2.76. The summed E-state index contributed by atoms with van der Waals surface area (Å²) < 4.78 is 18.4. The number of nitrogens with one attached hydrogen (secondary N) is 1. The molecule has 0 aromatic heterocycles. The van der Waals surface area contributed by atoms with Gasteiger partial charge < -0.3 is 10.1 Å². The molecule has 0 saturated heterocycles. The fourth-order valence-electron chi connectivity index (χ4n) is 1.71. The average molecular weight is 285 g/mol. The summed E-state index contributed by atoms with van der Waals surface area (Å²) >= 11 is 0. The molecule has 2 aromatic rings. The van der Waals surface area contributed by atoms with Crippen LogP contribution in [-0.2, 0) is 11.3 Å². The highest BCUT2D eigenvalue weighted by atomic mass is 19.1. The molecule has 1 N–H and O–H groups in total. The van der Waals surface area contributed by atoms with Crippen molar-refractivity contribution in [2.45, 2.75) is 13.5 Å². The zero-order valence-electron chi connectivity index (χ0n) is 11.7. The standard InChI is InChI=1S/C17H16FNO2/c1-2-3-17(20)19-12-13-4-8-15(9-5-13)21-16-10-6-14(18)7-11-16/h2-11H,12H2,1H3,(H,19,20)/b3-2+. The van der Waals surface area contributed by atoms with Crippen LogP contribution in [0.25, 0.3) is 0 Å². The molecule has 0 bridgehead atoms. The van der Waals surface area contributed by atoms with Gasteiger partial charge in [-0.25, -0.2) is 4.39 Å². The predicted molar refractivity (Wildman–Crippen MR) is 79.6 cm³/mol. The second kappa shape index (κ2) is 7.24. The Labute approximate surface area is 123 Å². The summed E-state index contributed by atoms with van der Waals surface area (Å²) in [5.74, 6) is 0.814. The number of carbonyl (C=O) groups is 1. The van der Waals surface area contributed by atoms with Crippen molar-refractivity contribution in [3.63, 3.8) is 0 Å². The molecule has 0 atom stereocenters. The van der Waals surface area contributed by atoms with Gasteiger partial charge >= 0.3 is 0 Å². The van der Waals surface area contributed by atoms with Gasteiger partial charge in [-0.3, -0.25) is 4.79 Å². The van der Waals surface area contributed by atoms with E-state index in [2.05, 4.69) is 5.32 Å². The van der Waals surface area contributed by atoms with E-state index in [1.165, 1.54) is 18.2 Å². The molecule has 0 spiro atoms. The Kier molecular flexibility index (Phi) is 5.10. The molecule has 0 aliphatic carbocycles. The van der Waals surface area contributed by atoms with Crippen molar-refractivity contribution in [1.82, 2.24) is 5.32 Å². The minimum atomic E-state index is -0.297. The lowest BCUT2D eigenvalue weighted by molar-refractivity contribution is -0.116. The summed E-state index contributed by atoms with van der Waals surface area (Å²) in [6, 6.07) is 13.2. The van der Waals surface area contributed by atoms with E-state index in [0.717, 1.165) is 5.56 Å². The van der Waals surface area contributed by atoms with Crippen molar-refractivity contribution in [3.8, 4) is 11.5 Å². The van der Waals surface area contributed by atoms with E-state index in [1.807, 2.05) is 12.1 Å². The van der Waals surface area contributed by atoms with Gasteiger partial charge in [-0.2, -0.15) is 0 Å². The molecule has 0 fully saturated rings. The highest BCUT2D eigenvalue weighted by molar-refractivity contribution is 5.87. The van der Waals surface area contributed by atoms with Gasteiger partial charge in [0.2, 0.25) is 5.91 Å². The molecular formula is C17H16FNO2. The van der Waals surface area contributed by atoms with Gasteiger partial charge in [0, 0.05) is 6.54 Å². The number of amides is 1. The maximum atomic E-state index is 12.8. The van der Waals surface area contributed by atoms with Crippen LogP contribution in [0.15, 0.2) is 60.7 Å². The third-order valence-electron chi connectivity index (χ3n) is 2.76. The molecule has 2 aromatic carbocycles. The zero-order valence-corrected chi connectivity index (χ0v) is 11.7. The molecule has 0 radical (unpaired) electrons. The summed E-state index contributed by atoms with van der Waals surface area (Å²) in [5.41, 5.74) is 0.972. The van der Waals surface area contributed by atoms with E-state index in [9.17, 15) is 9.18 Å². The summed E-state index contributed by atoms with van der Waals surface area (Å²) in [5, 5.41) is 2.77. The number of carbonyl (C=O) groups excluding carboxylic acids is 1. The average Bonchev–Trinajstić information content (AvgIpc) is 2.49. The van der Waals surface area contributed by atoms with E-state index in [-0.39, 0.29) is 11.7 Å². The molecule has 3 nitrogen and oxygen atoms in total. The third kappa shape index (κ3) is 4.76. The summed E-state index contributed by atoms with van der Waals surface area (Å²) in [4.78, 5) is 11.3. The number of allylic oxidation sites excluding steroid dienone is 1. The largest absolute Gasteiger partial charge is 0.457 e. The molecule has 2 rings (SSSR count). The predicted octanol–water partition coefficient (Wildman–Crippen LogP) is 3.81. The van der Waals surface area contributed by atoms with E-state index in [1.54, 1.807) is 37.3 Å². The Balaban J connectivity index is 1.92. The summed E-state index contributed by atoms with van der Waals surface area (Å²) in [6.07, 6.45) is 3.17. The lowest BCUT2D eigenvalue weighted by atomic mass is 10.2. The van der Waals surface area contributed by atoms with Gasteiger partial charge in [0.15, 0.2) is 0 Å². The number of benzene rings is 2. The van der Waals surface area contributed by atoms with Crippen molar-refractivity contribution in [3.05, 3.63) is 72.1 Å². The van der Waals surface area contributed by atoms with E-state index >= 15 is 0 Å². The maximum Gasteiger partial charge on any atom is 0.243 e. The highest BCUT2D eigenvalue weighted by Gasteiger charge is 2.00. The van der Waals surface area contributed by atoms with Crippen LogP contribution in [0, 0.1) is 5.82 Å². The zero-order chi connectivity index (χ0) is 15.1. The van der Waals surface area contributed by atoms with Crippen LogP contribution in [-0.4, -0.2) is 5.91 Å². The quantitative estimate of drug-likeness (QED) is 0.848. The van der Waals surface area contributed by atoms with Gasteiger partial charge in [-0.05, 0) is 55.0 Å². The molecule has 21 heavy (non-hydrogen) atoms. The second-order valence-corrected chi connectivity index (χ2v) is 4.42. The Morgan fingerprint density at radius 3 is 2.24 bits per heavy atom. The minimum absolute atomic E-state index is 0.121. The van der Waals surface area contributed by atoms with E-state index in [4.69, 9.17) is 4.74 Å². The van der Waals surface area contributed by atoms with Crippen LogP contribution in [0.1, 0.15) is 12.5 Å². The van der Waals surface area contributed by atoms with Crippen LogP contribution in [0.3, 0.4) is 0 Å². The number of ether oxygens (including phenoxy) is 1. The molecule has 4 heteroatoms. The highest BCUT2D eigenvalue weighted by Crippen LogP contribution is 2.21. The van der Waals surface area contributed by atoms with Crippen LogP contribution in [0.2, 0.25) is 0 Å². The van der Waals surface area contributed by atoms with Crippen LogP contribution in [0.5, 0.6) is 11.5 Å². The Morgan fingerprint density at radius 1 is 1.10 bits per heavy atom. The number of hydrogen-bond donors (Lipinski definition) is 1. The van der Waals surface area contributed by atoms with Crippen LogP contribution < -0.4 is 10.1 Å². The SMILES string of the molecule is C/C=C/C(=O)NCc1ccc(Oc2ccc(F)cc2)cc1. The molecule has 1 amide bonds. The fourth-order valence-corrected chi connectivity index (χ4v) is 1.71. The lowest BCUT2D eigenvalue weighted by Crippen LogP contribution is -2.20. The monoisotopic (exact) mass is 285 g/mol.